The minimum Gasteiger partial charge on any atom is -0.397 e. The normalized spacial score (nSPS) is 13.5. The first-order valence-corrected chi connectivity index (χ1v) is 9.50. The van der Waals surface area contributed by atoms with Gasteiger partial charge in [0.15, 0.2) is 0 Å². The zero-order valence-electron chi connectivity index (χ0n) is 16.4. The Bertz CT molecular complexity index is 840. The van der Waals surface area contributed by atoms with Crippen LogP contribution in [-0.2, 0) is 17.5 Å². The van der Waals surface area contributed by atoms with Gasteiger partial charge in [-0.2, -0.15) is 13.2 Å². The predicted molar refractivity (Wildman–Crippen MR) is 108 cm³/mol. The Balaban J connectivity index is 1.94. The molecule has 2 atom stereocenters. The lowest BCUT2D eigenvalue weighted by molar-refractivity contribution is -0.137. The van der Waals surface area contributed by atoms with Crippen LogP contribution in [0.3, 0.4) is 0 Å². The summed E-state index contributed by atoms with van der Waals surface area (Å²) in [6.45, 7) is 2.09. The molecule has 2 aromatic carbocycles. The van der Waals surface area contributed by atoms with Gasteiger partial charge >= 0.3 is 6.18 Å². The van der Waals surface area contributed by atoms with E-state index in [1.165, 1.54) is 24.3 Å². The summed E-state index contributed by atoms with van der Waals surface area (Å²) >= 11 is 0. The van der Waals surface area contributed by atoms with E-state index in [4.69, 9.17) is 5.73 Å². The van der Waals surface area contributed by atoms with Gasteiger partial charge in [-0.1, -0.05) is 31.9 Å². The number of anilines is 3. The second-order valence-electron chi connectivity index (χ2n) is 6.90. The van der Waals surface area contributed by atoms with Crippen molar-refractivity contribution in [1.29, 1.82) is 0 Å². The summed E-state index contributed by atoms with van der Waals surface area (Å²) in [6, 6.07) is 9.20. The number of hydrogen-bond donors (Lipinski definition) is 3. The van der Waals surface area contributed by atoms with E-state index >= 15 is 0 Å². The lowest BCUT2D eigenvalue weighted by Gasteiger charge is -2.15. The largest absolute Gasteiger partial charge is 0.416 e. The lowest BCUT2D eigenvalue weighted by Crippen LogP contribution is -2.32. The van der Waals surface area contributed by atoms with Gasteiger partial charge < -0.3 is 16.4 Å². The number of carbonyl (C=O) groups excluding carboxylic acids is 1. The third-order valence-corrected chi connectivity index (χ3v) is 4.49. The van der Waals surface area contributed by atoms with Crippen molar-refractivity contribution in [1.82, 2.24) is 0 Å². The van der Waals surface area contributed by atoms with Crippen LogP contribution in [0.25, 0.3) is 0 Å². The fourth-order valence-electron chi connectivity index (χ4n) is 2.71. The molecule has 164 valence electrons. The fourth-order valence-corrected chi connectivity index (χ4v) is 2.71. The lowest BCUT2D eigenvalue weighted by atomic mass is 10.1. The minimum atomic E-state index is -4.39. The number of halogens is 5. The Morgan fingerprint density at radius 3 is 2.33 bits per heavy atom. The molecule has 2 aromatic rings. The van der Waals surface area contributed by atoms with E-state index in [9.17, 15) is 26.7 Å². The van der Waals surface area contributed by atoms with Crippen LogP contribution in [0.4, 0.5) is 39.0 Å². The average molecular weight is 429 g/mol. The highest BCUT2D eigenvalue weighted by atomic mass is 19.4. The number of rotatable bonds is 9. The molecule has 0 saturated heterocycles. The molecule has 4 nitrogen and oxygen atoms in total. The monoisotopic (exact) mass is 429 g/mol. The Morgan fingerprint density at radius 2 is 1.77 bits per heavy atom. The van der Waals surface area contributed by atoms with Gasteiger partial charge in [0, 0.05) is 12.2 Å². The molecule has 0 spiro atoms. The average Bonchev–Trinajstić information content (AvgIpc) is 2.71. The van der Waals surface area contributed by atoms with Crippen molar-refractivity contribution in [2.45, 2.75) is 51.3 Å². The number of carbonyl (C=O) groups is 1. The summed E-state index contributed by atoms with van der Waals surface area (Å²) in [7, 11) is 0. The number of unbranched alkanes of at least 4 members (excludes halogenated alkanes) is 1. The molecule has 0 aliphatic heterocycles. The molecule has 0 aliphatic carbocycles. The second-order valence-corrected chi connectivity index (χ2v) is 6.90. The molecule has 0 radical (unpaired) electrons. The van der Waals surface area contributed by atoms with Crippen LogP contribution < -0.4 is 16.4 Å². The third kappa shape index (κ3) is 6.60. The van der Waals surface area contributed by atoms with E-state index in [1.54, 1.807) is 6.07 Å². The molecular weight excluding hydrogens is 405 g/mol. The fraction of sp³-hybridized carbons (Fsp3) is 0.381. The van der Waals surface area contributed by atoms with Crippen molar-refractivity contribution >= 4 is 23.0 Å². The molecule has 0 heterocycles. The van der Waals surface area contributed by atoms with Crippen LogP contribution in [0.15, 0.2) is 42.5 Å². The summed E-state index contributed by atoms with van der Waals surface area (Å²) in [6.07, 6.45) is -7.41. The van der Waals surface area contributed by atoms with Crippen molar-refractivity contribution in [3.8, 4) is 0 Å². The van der Waals surface area contributed by atoms with Crippen LogP contribution >= 0.6 is 0 Å². The van der Waals surface area contributed by atoms with Crippen LogP contribution in [0.5, 0.6) is 0 Å². The quantitative estimate of drug-likeness (QED) is 0.354. The summed E-state index contributed by atoms with van der Waals surface area (Å²) in [5.74, 6) is -1.10. The third-order valence-electron chi connectivity index (χ3n) is 4.49. The van der Waals surface area contributed by atoms with Crippen molar-refractivity contribution in [2.24, 2.45) is 0 Å². The smallest absolute Gasteiger partial charge is 0.397 e. The van der Waals surface area contributed by atoms with Gasteiger partial charge in [-0.15, -0.1) is 0 Å². The molecule has 0 saturated carbocycles. The van der Waals surface area contributed by atoms with E-state index in [2.05, 4.69) is 10.6 Å². The standard InChI is InChI=1S/C21H24F5N3O/c1-2-3-4-16(22)19(23)20(30)29-18-10-9-15(11-17(18)27)28-12-13-5-7-14(8-6-13)21(24,25)26/h5-11,16,19,28H,2-4,12,27H2,1H3,(H,29,30)/t16-,19-/m0/s1. The maximum Gasteiger partial charge on any atom is 0.416 e. The van der Waals surface area contributed by atoms with Crippen molar-refractivity contribution in [3.05, 3.63) is 53.6 Å². The van der Waals surface area contributed by atoms with Crippen molar-refractivity contribution < 1.29 is 26.7 Å². The van der Waals surface area contributed by atoms with Gasteiger partial charge in [-0.25, -0.2) is 8.78 Å². The number of hydrogen-bond acceptors (Lipinski definition) is 3. The van der Waals surface area contributed by atoms with Crippen LogP contribution in [0.1, 0.15) is 37.3 Å². The molecule has 2 rings (SSSR count). The van der Waals surface area contributed by atoms with Gasteiger partial charge in [-0.3, -0.25) is 4.79 Å². The Labute approximate surface area is 171 Å². The predicted octanol–water partition coefficient (Wildman–Crippen LogP) is 5.70. The molecule has 9 heteroatoms. The number of nitrogen functional groups attached to an aromatic ring is 1. The van der Waals surface area contributed by atoms with E-state index in [0.29, 0.717) is 24.1 Å². The highest BCUT2D eigenvalue weighted by molar-refractivity contribution is 5.97. The first kappa shape index (κ1) is 23.4. The summed E-state index contributed by atoms with van der Waals surface area (Å²) in [5.41, 5.74) is 6.59. The van der Waals surface area contributed by atoms with Gasteiger partial charge in [0.2, 0.25) is 6.17 Å². The summed E-state index contributed by atoms with van der Waals surface area (Å²) in [4.78, 5) is 11.9. The number of nitrogens with two attached hydrogens (primary N) is 1. The number of amides is 1. The maximum absolute atomic E-state index is 13.9. The topological polar surface area (TPSA) is 67.2 Å². The second kappa shape index (κ2) is 10.3. The van der Waals surface area contributed by atoms with Crippen LogP contribution in [0.2, 0.25) is 0 Å². The van der Waals surface area contributed by atoms with Crippen molar-refractivity contribution in [2.75, 3.05) is 16.4 Å². The molecule has 4 N–H and O–H groups in total. The molecule has 30 heavy (non-hydrogen) atoms. The van der Waals surface area contributed by atoms with Gasteiger partial charge in [0.25, 0.3) is 5.91 Å². The number of alkyl halides is 5. The molecule has 1 amide bonds. The van der Waals surface area contributed by atoms with Crippen LogP contribution in [-0.4, -0.2) is 18.3 Å². The highest BCUT2D eigenvalue weighted by Gasteiger charge is 2.30. The molecule has 0 bridgehead atoms. The van der Waals surface area contributed by atoms with Gasteiger partial charge in [0.1, 0.15) is 6.17 Å². The van der Waals surface area contributed by atoms with E-state index in [1.807, 2.05) is 6.92 Å². The first-order valence-electron chi connectivity index (χ1n) is 9.50. The molecule has 0 unspecified atom stereocenters. The Kier molecular flexibility index (Phi) is 8.02. The Hall–Kier alpha value is -2.84. The highest BCUT2D eigenvalue weighted by Crippen LogP contribution is 2.29. The summed E-state index contributed by atoms with van der Waals surface area (Å²) in [5, 5.41) is 5.27. The molecule has 0 aromatic heterocycles. The maximum atomic E-state index is 13.9. The van der Waals surface area contributed by atoms with E-state index < -0.39 is 30.0 Å². The number of benzene rings is 2. The van der Waals surface area contributed by atoms with Crippen LogP contribution in [0, 0.1) is 0 Å². The molecular formula is C21H24F5N3O. The molecule has 0 aliphatic rings. The molecule has 0 fully saturated rings. The zero-order valence-corrected chi connectivity index (χ0v) is 16.4. The van der Waals surface area contributed by atoms with Gasteiger partial charge in [0.05, 0.1) is 16.9 Å². The first-order chi connectivity index (χ1) is 14.1. The van der Waals surface area contributed by atoms with Crippen molar-refractivity contribution in [3.63, 3.8) is 0 Å². The minimum absolute atomic E-state index is 0.0343. The van der Waals surface area contributed by atoms with Gasteiger partial charge in [-0.05, 0) is 42.3 Å². The zero-order chi connectivity index (χ0) is 22.3. The number of nitrogens with one attached hydrogen (secondary N) is 2. The summed E-state index contributed by atoms with van der Waals surface area (Å²) < 4.78 is 65.4. The SMILES string of the molecule is CCCC[C@H](F)[C@H](F)C(=O)Nc1ccc(NCc2ccc(C(F)(F)F)cc2)cc1N. The Morgan fingerprint density at radius 1 is 1.10 bits per heavy atom. The van der Waals surface area contributed by atoms with E-state index in [-0.39, 0.29) is 24.3 Å². The van der Waals surface area contributed by atoms with E-state index in [0.717, 1.165) is 12.1 Å².